The Balaban J connectivity index is 2.30. The molecule has 1 N–H and O–H groups in total. The molecule has 0 saturated carbocycles. The van der Waals surface area contributed by atoms with E-state index in [2.05, 4.69) is 10.4 Å². The Kier molecular flexibility index (Phi) is 5.43. The molecule has 27 heavy (non-hydrogen) atoms. The topological polar surface area (TPSA) is 46.9 Å². The molecule has 0 bridgehead atoms. The summed E-state index contributed by atoms with van der Waals surface area (Å²) >= 11 is 12.0. The van der Waals surface area contributed by atoms with Crippen molar-refractivity contribution >= 4 is 35.3 Å². The number of aromatic nitrogens is 2. The van der Waals surface area contributed by atoms with Crippen LogP contribution < -0.4 is 5.32 Å². The second-order valence-corrected chi connectivity index (χ2v) is 6.43. The van der Waals surface area contributed by atoms with Gasteiger partial charge in [-0.1, -0.05) is 29.3 Å². The quantitative estimate of drug-likeness (QED) is 0.544. The van der Waals surface area contributed by atoms with Crippen molar-refractivity contribution in [3.8, 4) is 22.4 Å². The van der Waals surface area contributed by atoms with Gasteiger partial charge < -0.3 is 5.32 Å². The maximum absolute atomic E-state index is 13.9. The van der Waals surface area contributed by atoms with E-state index in [9.17, 15) is 18.0 Å². The van der Waals surface area contributed by atoms with Crippen molar-refractivity contribution in [3.63, 3.8) is 0 Å². The number of aryl methyl sites for hydroxylation is 1. The summed E-state index contributed by atoms with van der Waals surface area (Å²) in [5, 5.41) is 6.65. The van der Waals surface area contributed by atoms with Gasteiger partial charge in [0.2, 0.25) is 6.41 Å². The van der Waals surface area contributed by atoms with Crippen molar-refractivity contribution in [3.05, 3.63) is 58.0 Å². The third-order valence-electron chi connectivity index (χ3n) is 3.95. The fraction of sp³-hybridized carbons (Fsp3) is 0.111. The smallest absolute Gasteiger partial charge is 0.284 e. The molecule has 0 unspecified atom stereocenters. The number of amides is 1. The first-order chi connectivity index (χ1) is 12.8. The van der Waals surface area contributed by atoms with Gasteiger partial charge in [0.15, 0.2) is 5.69 Å². The summed E-state index contributed by atoms with van der Waals surface area (Å²) in [6.07, 6.45) is -2.62. The molecule has 0 radical (unpaired) electrons. The molecule has 2 aromatic carbocycles. The van der Waals surface area contributed by atoms with E-state index in [1.807, 2.05) is 0 Å². The highest BCUT2D eigenvalue weighted by molar-refractivity contribution is 6.42. The van der Waals surface area contributed by atoms with E-state index in [-0.39, 0.29) is 22.8 Å². The van der Waals surface area contributed by atoms with E-state index in [0.29, 0.717) is 21.7 Å². The predicted octanol–water partition coefficient (Wildman–Crippen LogP) is 5.71. The van der Waals surface area contributed by atoms with Crippen molar-refractivity contribution in [1.82, 2.24) is 9.78 Å². The molecule has 1 amide bonds. The lowest BCUT2D eigenvalue weighted by atomic mass is 9.96. The highest BCUT2D eigenvalue weighted by Crippen LogP contribution is 2.41. The molecule has 9 heteroatoms. The third-order valence-corrected chi connectivity index (χ3v) is 4.69. The molecule has 0 aliphatic heterocycles. The van der Waals surface area contributed by atoms with Gasteiger partial charge in [0, 0.05) is 12.6 Å². The number of hydrogen-bond acceptors (Lipinski definition) is 2. The van der Waals surface area contributed by atoms with Crippen LogP contribution in [0.25, 0.3) is 22.4 Å². The number of nitrogens with one attached hydrogen (secondary N) is 1. The lowest BCUT2D eigenvalue weighted by Gasteiger charge is -2.13. The standard InChI is InChI=1S/C18H12Cl2F3N3O/c1-26-17(15(24-8-27)16(25-26)18(22)23)11-4-3-10(21)7-12(11)9-2-5-13(19)14(20)6-9/h2-8,18H,1H3,(H,24,27). The molecule has 140 valence electrons. The molecule has 0 fully saturated rings. The zero-order chi connectivity index (χ0) is 19.7. The summed E-state index contributed by atoms with van der Waals surface area (Å²) in [6, 6.07) is 8.58. The molecule has 3 rings (SSSR count). The number of rotatable bonds is 5. The van der Waals surface area contributed by atoms with Crippen LogP contribution in [0.3, 0.4) is 0 Å². The second-order valence-electron chi connectivity index (χ2n) is 5.61. The summed E-state index contributed by atoms with van der Waals surface area (Å²) in [6.45, 7) is 0. The number of carbonyl (C=O) groups excluding carboxylic acids is 1. The Morgan fingerprint density at radius 2 is 1.85 bits per heavy atom. The molecule has 0 spiro atoms. The van der Waals surface area contributed by atoms with Crippen LogP contribution >= 0.6 is 23.2 Å². The van der Waals surface area contributed by atoms with Gasteiger partial charge >= 0.3 is 0 Å². The van der Waals surface area contributed by atoms with Crippen LogP contribution in [0.1, 0.15) is 12.1 Å². The van der Waals surface area contributed by atoms with Crippen LogP contribution in [-0.4, -0.2) is 16.2 Å². The van der Waals surface area contributed by atoms with Crippen molar-refractivity contribution in [2.75, 3.05) is 5.32 Å². The molecular weight excluding hydrogens is 402 g/mol. The molecule has 0 atom stereocenters. The summed E-state index contributed by atoms with van der Waals surface area (Å²) in [5.41, 5.74) is 0.779. The minimum absolute atomic E-state index is 0.143. The second kappa shape index (κ2) is 7.62. The highest BCUT2D eigenvalue weighted by atomic mass is 35.5. The molecular formula is C18H12Cl2F3N3O. The first kappa shape index (κ1) is 19.3. The van der Waals surface area contributed by atoms with Gasteiger partial charge in [0.25, 0.3) is 6.43 Å². The van der Waals surface area contributed by atoms with E-state index in [4.69, 9.17) is 23.2 Å². The Morgan fingerprint density at radius 3 is 2.48 bits per heavy atom. The number of anilines is 1. The van der Waals surface area contributed by atoms with Gasteiger partial charge in [-0.2, -0.15) is 5.10 Å². The van der Waals surface area contributed by atoms with Crippen molar-refractivity contribution in [2.24, 2.45) is 7.05 Å². The third kappa shape index (κ3) is 3.65. The Labute approximate surface area is 162 Å². The monoisotopic (exact) mass is 413 g/mol. The molecule has 4 nitrogen and oxygen atoms in total. The SMILES string of the molecule is Cn1nc(C(F)F)c(NC=O)c1-c1ccc(F)cc1-c1ccc(Cl)c(Cl)c1. The van der Waals surface area contributed by atoms with Gasteiger partial charge in [0.05, 0.1) is 21.4 Å². The number of halogens is 5. The van der Waals surface area contributed by atoms with Crippen LogP contribution in [0.4, 0.5) is 18.9 Å². The van der Waals surface area contributed by atoms with Crippen molar-refractivity contribution in [1.29, 1.82) is 0 Å². The average molecular weight is 414 g/mol. The van der Waals surface area contributed by atoms with E-state index in [1.54, 1.807) is 18.2 Å². The lowest BCUT2D eigenvalue weighted by Crippen LogP contribution is -2.01. The van der Waals surface area contributed by atoms with E-state index >= 15 is 0 Å². The normalized spacial score (nSPS) is 11.1. The zero-order valence-corrected chi connectivity index (χ0v) is 15.3. The van der Waals surface area contributed by atoms with E-state index in [0.717, 1.165) is 0 Å². The van der Waals surface area contributed by atoms with Crippen LogP contribution in [0.2, 0.25) is 10.0 Å². The molecule has 1 heterocycles. The zero-order valence-electron chi connectivity index (χ0n) is 13.8. The lowest BCUT2D eigenvalue weighted by molar-refractivity contribution is -0.105. The van der Waals surface area contributed by atoms with E-state index in [1.165, 1.54) is 29.9 Å². The fourth-order valence-electron chi connectivity index (χ4n) is 2.83. The minimum Gasteiger partial charge on any atom is -0.325 e. The van der Waals surface area contributed by atoms with Crippen LogP contribution in [0, 0.1) is 5.82 Å². The van der Waals surface area contributed by atoms with E-state index < -0.39 is 17.9 Å². The molecule has 0 saturated heterocycles. The maximum Gasteiger partial charge on any atom is 0.284 e. The largest absolute Gasteiger partial charge is 0.325 e. The molecule has 0 aliphatic rings. The van der Waals surface area contributed by atoms with Gasteiger partial charge in [0.1, 0.15) is 5.82 Å². The number of nitrogens with zero attached hydrogens (tertiary/aromatic N) is 2. The minimum atomic E-state index is -2.90. The van der Waals surface area contributed by atoms with Crippen molar-refractivity contribution in [2.45, 2.75) is 6.43 Å². The number of carbonyl (C=O) groups is 1. The van der Waals surface area contributed by atoms with Crippen LogP contribution in [-0.2, 0) is 11.8 Å². The number of benzene rings is 2. The summed E-state index contributed by atoms with van der Waals surface area (Å²) in [5.74, 6) is -0.527. The molecule has 3 aromatic rings. The molecule has 0 aliphatic carbocycles. The Bertz CT molecular complexity index is 1020. The Morgan fingerprint density at radius 1 is 1.11 bits per heavy atom. The van der Waals surface area contributed by atoms with Gasteiger partial charge in [-0.3, -0.25) is 9.48 Å². The van der Waals surface area contributed by atoms with Gasteiger partial charge in [-0.05, 0) is 41.5 Å². The fourth-order valence-corrected chi connectivity index (χ4v) is 3.13. The average Bonchev–Trinajstić information content (AvgIpc) is 2.94. The number of alkyl halides is 2. The highest BCUT2D eigenvalue weighted by Gasteiger charge is 2.25. The van der Waals surface area contributed by atoms with Gasteiger partial charge in [-0.25, -0.2) is 13.2 Å². The summed E-state index contributed by atoms with van der Waals surface area (Å²) in [7, 11) is 1.46. The number of hydrogen-bond donors (Lipinski definition) is 1. The van der Waals surface area contributed by atoms with Crippen LogP contribution in [0.5, 0.6) is 0 Å². The predicted molar refractivity (Wildman–Crippen MR) is 98.7 cm³/mol. The Hall–Kier alpha value is -2.51. The van der Waals surface area contributed by atoms with Gasteiger partial charge in [-0.15, -0.1) is 0 Å². The first-order valence-corrected chi connectivity index (χ1v) is 8.39. The van der Waals surface area contributed by atoms with Crippen molar-refractivity contribution < 1.29 is 18.0 Å². The maximum atomic E-state index is 13.9. The first-order valence-electron chi connectivity index (χ1n) is 7.64. The summed E-state index contributed by atoms with van der Waals surface area (Å²) in [4.78, 5) is 10.9. The summed E-state index contributed by atoms with van der Waals surface area (Å²) < 4.78 is 41.8. The van der Waals surface area contributed by atoms with Crippen LogP contribution in [0.15, 0.2) is 36.4 Å². The molecule has 1 aromatic heterocycles.